The molecule has 1 atom stereocenters. The van der Waals surface area contributed by atoms with E-state index in [0.29, 0.717) is 12.1 Å². The Bertz CT molecular complexity index is 768. The third-order valence-electron chi connectivity index (χ3n) is 4.23. The van der Waals surface area contributed by atoms with Crippen LogP contribution in [0.3, 0.4) is 0 Å². The number of ether oxygens (including phenoxy) is 1. The fourth-order valence-corrected chi connectivity index (χ4v) is 2.91. The van der Waals surface area contributed by atoms with E-state index in [9.17, 15) is 9.59 Å². The van der Waals surface area contributed by atoms with Crippen molar-refractivity contribution in [3.05, 3.63) is 66.7 Å². The maximum absolute atomic E-state index is 12.2. The predicted molar refractivity (Wildman–Crippen MR) is 97.9 cm³/mol. The molecule has 1 N–H and O–H groups in total. The molecule has 0 spiro atoms. The first-order valence-electron chi connectivity index (χ1n) is 8.50. The fourth-order valence-electron chi connectivity index (χ4n) is 2.91. The van der Waals surface area contributed by atoms with Gasteiger partial charge in [-0.1, -0.05) is 60.7 Å². The summed E-state index contributed by atoms with van der Waals surface area (Å²) in [6.45, 7) is -0.262. The van der Waals surface area contributed by atoms with Crippen LogP contribution in [0.4, 0.5) is 5.69 Å². The maximum Gasteiger partial charge on any atom is 0.309 e. The van der Waals surface area contributed by atoms with Gasteiger partial charge in [-0.2, -0.15) is 0 Å². The summed E-state index contributed by atoms with van der Waals surface area (Å²) in [6, 6.07) is 17.4. The minimum atomic E-state index is -0.330. The first-order chi connectivity index (χ1) is 12.2. The van der Waals surface area contributed by atoms with Gasteiger partial charge in [-0.05, 0) is 30.9 Å². The van der Waals surface area contributed by atoms with Crippen molar-refractivity contribution in [2.24, 2.45) is 5.92 Å². The van der Waals surface area contributed by atoms with Crippen LogP contribution in [0, 0.1) is 5.92 Å². The van der Waals surface area contributed by atoms with Gasteiger partial charge < -0.3 is 10.1 Å². The molecule has 25 heavy (non-hydrogen) atoms. The van der Waals surface area contributed by atoms with Gasteiger partial charge in [0.25, 0.3) is 5.91 Å². The average molecular weight is 335 g/mol. The summed E-state index contributed by atoms with van der Waals surface area (Å²) in [4.78, 5) is 24.2. The molecule has 2 aromatic rings. The second kappa shape index (κ2) is 8.29. The van der Waals surface area contributed by atoms with Gasteiger partial charge in [0, 0.05) is 11.3 Å². The van der Waals surface area contributed by atoms with Crippen LogP contribution in [0.5, 0.6) is 0 Å². The number of hydrogen-bond donors (Lipinski definition) is 1. The third kappa shape index (κ3) is 4.57. The molecular formula is C21H21NO3. The van der Waals surface area contributed by atoms with Crippen LogP contribution in [0.15, 0.2) is 66.7 Å². The number of nitrogens with one attached hydrogen (secondary N) is 1. The van der Waals surface area contributed by atoms with E-state index in [4.69, 9.17) is 4.74 Å². The molecule has 0 radical (unpaired) electrons. The lowest BCUT2D eigenvalue weighted by Gasteiger charge is -2.16. The molecular weight excluding hydrogens is 314 g/mol. The molecule has 1 aliphatic carbocycles. The Kier molecular flexibility index (Phi) is 5.62. The Morgan fingerprint density at radius 3 is 2.52 bits per heavy atom. The highest BCUT2D eigenvalue weighted by Crippen LogP contribution is 2.27. The number of rotatable bonds is 5. The van der Waals surface area contributed by atoms with Gasteiger partial charge >= 0.3 is 5.97 Å². The molecule has 1 aliphatic rings. The highest BCUT2D eigenvalue weighted by atomic mass is 16.5. The lowest BCUT2D eigenvalue weighted by molar-refractivity contribution is -0.151. The summed E-state index contributed by atoms with van der Waals surface area (Å²) in [5, 5.41) is 2.84. The van der Waals surface area contributed by atoms with Crippen molar-refractivity contribution in [1.29, 1.82) is 0 Å². The average Bonchev–Trinajstić information content (AvgIpc) is 2.68. The Morgan fingerprint density at radius 1 is 1.00 bits per heavy atom. The number of carbonyl (C=O) groups excluding carboxylic acids is 2. The van der Waals surface area contributed by atoms with Crippen LogP contribution in [0.25, 0.3) is 11.1 Å². The largest absolute Gasteiger partial charge is 0.455 e. The first-order valence-corrected chi connectivity index (χ1v) is 8.50. The first kappa shape index (κ1) is 17.0. The van der Waals surface area contributed by atoms with Crippen LogP contribution in [-0.4, -0.2) is 18.5 Å². The van der Waals surface area contributed by atoms with Crippen molar-refractivity contribution >= 4 is 17.6 Å². The maximum atomic E-state index is 12.2. The number of amides is 1. The van der Waals surface area contributed by atoms with Gasteiger partial charge in [0.2, 0.25) is 0 Å². The molecule has 0 bridgehead atoms. The number of allylic oxidation sites excluding steroid dienone is 2. The van der Waals surface area contributed by atoms with Crippen molar-refractivity contribution in [3.63, 3.8) is 0 Å². The molecule has 128 valence electrons. The van der Waals surface area contributed by atoms with Crippen molar-refractivity contribution in [2.75, 3.05) is 11.9 Å². The minimum absolute atomic E-state index is 0.130. The Morgan fingerprint density at radius 2 is 1.76 bits per heavy atom. The molecule has 3 rings (SSSR count). The quantitative estimate of drug-likeness (QED) is 0.658. The number of esters is 1. The summed E-state index contributed by atoms with van der Waals surface area (Å²) >= 11 is 0. The molecule has 2 aromatic carbocycles. The number of hydrogen-bond acceptors (Lipinski definition) is 3. The molecule has 4 nitrogen and oxygen atoms in total. The lowest BCUT2D eigenvalue weighted by atomic mass is 9.95. The van der Waals surface area contributed by atoms with Crippen molar-refractivity contribution in [1.82, 2.24) is 0 Å². The van der Waals surface area contributed by atoms with Crippen LogP contribution in [-0.2, 0) is 14.3 Å². The summed E-state index contributed by atoms with van der Waals surface area (Å²) in [5.74, 6) is -0.756. The van der Waals surface area contributed by atoms with Crippen LogP contribution in [0.1, 0.15) is 19.3 Å². The molecule has 0 aliphatic heterocycles. The van der Waals surface area contributed by atoms with Crippen molar-refractivity contribution in [2.45, 2.75) is 19.3 Å². The normalized spacial score (nSPS) is 16.2. The smallest absolute Gasteiger partial charge is 0.309 e. The lowest BCUT2D eigenvalue weighted by Crippen LogP contribution is -2.25. The van der Waals surface area contributed by atoms with E-state index in [1.807, 2.05) is 60.7 Å². The minimum Gasteiger partial charge on any atom is -0.455 e. The van der Waals surface area contributed by atoms with Crippen LogP contribution < -0.4 is 5.32 Å². The van der Waals surface area contributed by atoms with Gasteiger partial charge in [0.05, 0.1) is 5.92 Å². The monoisotopic (exact) mass is 335 g/mol. The molecule has 4 heteroatoms. The SMILES string of the molecule is O=C(COC(=O)[C@@H]1CC=CCC1)Nc1ccccc1-c1ccccc1. The van der Waals surface area contributed by atoms with Gasteiger partial charge in [0.15, 0.2) is 6.61 Å². The molecule has 0 aromatic heterocycles. The Labute approximate surface area is 147 Å². The summed E-state index contributed by atoms with van der Waals surface area (Å²) in [7, 11) is 0. The molecule has 0 fully saturated rings. The topological polar surface area (TPSA) is 55.4 Å². The zero-order valence-electron chi connectivity index (χ0n) is 14.0. The number of carbonyl (C=O) groups is 2. The van der Waals surface area contributed by atoms with E-state index in [-0.39, 0.29) is 24.4 Å². The molecule has 0 unspecified atom stereocenters. The summed E-state index contributed by atoms with van der Waals surface area (Å²) in [5.41, 5.74) is 2.65. The Balaban J connectivity index is 1.60. The standard InChI is InChI=1S/C21H21NO3/c23-20(15-25-21(24)17-11-5-2-6-12-17)22-19-14-8-7-13-18(19)16-9-3-1-4-10-16/h1-5,7-10,13-14,17H,6,11-12,15H2,(H,22,23)/t17-/m1/s1. The number of anilines is 1. The fraction of sp³-hybridized carbons (Fsp3) is 0.238. The number of para-hydroxylation sites is 1. The van der Waals surface area contributed by atoms with Gasteiger partial charge in [-0.25, -0.2) is 0 Å². The van der Waals surface area contributed by atoms with E-state index in [0.717, 1.165) is 24.0 Å². The van der Waals surface area contributed by atoms with Gasteiger partial charge in [-0.3, -0.25) is 9.59 Å². The molecule has 0 saturated carbocycles. The van der Waals surface area contributed by atoms with E-state index in [1.165, 1.54) is 0 Å². The third-order valence-corrected chi connectivity index (χ3v) is 4.23. The van der Waals surface area contributed by atoms with Gasteiger partial charge in [0.1, 0.15) is 0 Å². The second-order valence-corrected chi connectivity index (χ2v) is 6.05. The van der Waals surface area contributed by atoms with E-state index >= 15 is 0 Å². The molecule has 0 heterocycles. The zero-order chi connectivity index (χ0) is 17.5. The van der Waals surface area contributed by atoms with Crippen molar-refractivity contribution in [3.8, 4) is 11.1 Å². The molecule has 1 amide bonds. The summed E-state index contributed by atoms with van der Waals surface area (Å²) in [6.07, 6.45) is 6.42. The van der Waals surface area contributed by atoms with Crippen LogP contribution in [0.2, 0.25) is 0 Å². The molecule has 0 saturated heterocycles. The van der Waals surface area contributed by atoms with E-state index in [2.05, 4.69) is 11.4 Å². The number of benzene rings is 2. The second-order valence-electron chi connectivity index (χ2n) is 6.05. The summed E-state index contributed by atoms with van der Waals surface area (Å²) < 4.78 is 5.18. The van der Waals surface area contributed by atoms with Gasteiger partial charge in [-0.15, -0.1) is 0 Å². The van der Waals surface area contributed by atoms with Crippen LogP contribution >= 0.6 is 0 Å². The van der Waals surface area contributed by atoms with Crippen molar-refractivity contribution < 1.29 is 14.3 Å². The van der Waals surface area contributed by atoms with E-state index < -0.39 is 0 Å². The highest BCUT2D eigenvalue weighted by molar-refractivity contribution is 5.97. The predicted octanol–water partition coefficient (Wildman–Crippen LogP) is 4.19. The zero-order valence-corrected chi connectivity index (χ0v) is 14.0. The Hall–Kier alpha value is -2.88. The highest BCUT2D eigenvalue weighted by Gasteiger charge is 2.21. The van der Waals surface area contributed by atoms with E-state index in [1.54, 1.807) is 0 Å².